The van der Waals surface area contributed by atoms with Crippen LogP contribution in [0.4, 0.5) is 0 Å². The van der Waals surface area contributed by atoms with E-state index in [4.69, 9.17) is 5.73 Å². The Balaban J connectivity index is 2.14. The van der Waals surface area contributed by atoms with Gasteiger partial charge < -0.3 is 5.73 Å². The van der Waals surface area contributed by atoms with E-state index in [0.717, 1.165) is 12.2 Å². The molecule has 21 heavy (non-hydrogen) atoms. The van der Waals surface area contributed by atoms with E-state index < -0.39 is 0 Å². The van der Waals surface area contributed by atoms with Gasteiger partial charge in [-0.15, -0.1) is 11.8 Å². The Morgan fingerprint density at radius 3 is 2.29 bits per heavy atom. The minimum Gasteiger partial charge on any atom is -0.326 e. The Bertz CT molecular complexity index is 562. The molecule has 2 rings (SSSR count). The first kappa shape index (κ1) is 16.1. The van der Waals surface area contributed by atoms with Gasteiger partial charge in [-0.2, -0.15) is 0 Å². The molecule has 0 saturated carbocycles. The van der Waals surface area contributed by atoms with Crippen molar-refractivity contribution in [2.24, 2.45) is 5.73 Å². The molecule has 0 amide bonds. The SMILES string of the molecule is CCC(N)C(SCc1ccccc1C)c1ccc(C)cc1. The highest BCUT2D eigenvalue weighted by molar-refractivity contribution is 7.98. The number of nitrogens with two attached hydrogens (primary N) is 1. The average molecular weight is 299 g/mol. The smallest absolute Gasteiger partial charge is 0.0451 e. The fourth-order valence-electron chi connectivity index (χ4n) is 2.39. The Morgan fingerprint density at radius 1 is 1.00 bits per heavy atom. The maximum atomic E-state index is 6.37. The Kier molecular flexibility index (Phi) is 5.89. The number of hydrogen-bond donors (Lipinski definition) is 1. The van der Waals surface area contributed by atoms with Crippen molar-refractivity contribution in [1.29, 1.82) is 0 Å². The minimum absolute atomic E-state index is 0.196. The van der Waals surface area contributed by atoms with Crippen LogP contribution < -0.4 is 5.73 Å². The summed E-state index contributed by atoms with van der Waals surface area (Å²) in [6.07, 6.45) is 0.999. The van der Waals surface area contributed by atoms with Gasteiger partial charge in [0.1, 0.15) is 0 Å². The number of thioether (sulfide) groups is 1. The Morgan fingerprint density at radius 2 is 1.67 bits per heavy atom. The first-order valence-electron chi connectivity index (χ1n) is 7.60. The third-order valence-electron chi connectivity index (χ3n) is 3.95. The summed E-state index contributed by atoms with van der Waals surface area (Å²) in [5.41, 5.74) is 11.8. The monoisotopic (exact) mass is 299 g/mol. The summed E-state index contributed by atoms with van der Waals surface area (Å²) in [7, 11) is 0. The maximum Gasteiger partial charge on any atom is 0.0451 e. The Hall–Kier alpha value is -1.25. The van der Waals surface area contributed by atoms with Crippen molar-refractivity contribution in [1.82, 2.24) is 0 Å². The molecule has 2 aromatic rings. The fourth-order valence-corrected chi connectivity index (χ4v) is 3.86. The zero-order chi connectivity index (χ0) is 15.2. The average Bonchev–Trinajstić information content (AvgIpc) is 2.50. The topological polar surface area (TPSA) is 26.0 Å². The molecule has 112 valence electrons. The first-order chi connectivity index (χ1) is 10.1. The summed E-state index contributed by atoms with van der Waals surface area (Å²) in [6.45, 7) is 6.47. The molecule has 0 fully saturated rings. The minimum atomic E-state index is 0.196. The van der Waals surface area contributed by atoms with Crippen LogP contribution in [-0.2, 0) is 5.75 Å². The molecule has 0 saturated heterocycles. The van der Waals surface area contributed by atoms with E-state index >= 15 is 0 Å². The third-order valence-corrected chi connectivity index (χ3v) is 5.40. The summed E-state index contributed by atoms with van der Waals surface area (Å²) in [4.78, 5) is 0. The molecule has 2 atom stereocenters. The van der Waals surface area contributed by atoms with Crippen LogP contribution in [0.25, 0.3) is 0 Å². The van der Waals surface area contributed by atoms with Gasteiger partial charge in [0.05, 0.1) is 0 Å². The lowest BCUT2D eigenvalue weighted by Crippen LogP contribution is -2.25. The number of rotatable bonds is 6. The highest BCUT2D eigenvalue weighted by atomic mass is 32.2. The van der Waals surface area contributed by atoms with Gasteiger partial charge in [-0.1, -0.05) is 61.0 Å². The van der Waals surface area contributed by atoms with Crippen LogP contribution in [0.1, 0.15) is 40.8 Å². The van der Waals surface area contributed by atoms with E-state index in [-0.39, 0.29) is 6.04 Å². The zero-order valence-corrected chi connectivity index (χ0v) is 14.0. The van der Waals surface area contributed by atoms with Gasteiger partial charge in [-0.05, 0) is 37.0 Å². The second-order valence-electron chi connectivity index (χ2n) is 5.64. The molecule has 0 aromatic heterocycles. The van der Waals surface area contributed by atoms with Gasteiger partial charge in [0.15, 0.2) is 0 Å². The van der Waals surface area contributed by atoms with Crippen LogP contribution in [0.3, 0.4) is 0 Å². The molecule has 1 nitrogen and oxygen atoms in total. The zero-order valence-electron chi connectivity index (χ0n) is 13.2. The molecule has 0 radical (unpaired) electrons. The summed E-state index contributed by atoms with van der Waals surface area (Å²) >= 11 is 1.96. The largest absolute Gasteiger partial charge is 0.326 e. The number of aryl methyl sites for hydroxylation is 2. The van der Waals surface area contributed by atoms with Crippen molar-refractivity contribution in [2.75, 3.05) is 0 Å². The van der Waals surface area contributed by atoms with Gasteiger partial charge in [-0.25, -0.2) is 0 Å². The molecule has 2 N–H and O–H groups in total. The molecule has 2 heteroatoms. The lowest BCUT2D eigenvalue weighted by molar-refractivity contribution is 0.634. The van der Waals surface area contributed by atoms with E-state index in [9.17, 15) is 0 Å². The Labute approximate surface area is 133 Å². The van der Waals surface area contributed by atoms with Crippen molar-refractivity contribution in [3.8, 4) is 0 Å². The molecule has 0 aliphatic heterocycles. The molecule has 0 bridgehead atoms. The van der Waals surface area contributed by atoms with Crippen LogP contribution in [0.15, 0.2) is 48.5 Å². The molecular formula is C19H25NS. The van der Waals surface area contributed by atoms with Crippen molar-refractivity contribution in [3.05, 3.63) is 70.8 Å². The number of hydrogen-bond acceptors (Lipinski definition) is 2. The van der Waals surface area contributed by atoms with Gasteiger partial charge in [-0.3, -0.25) is 0 Å². The van der Waals surface area contributed by atoms with E-state index in [0.29, 0.717) is 5.25 Å². The second kappa shape index (κ2) is 7.67. The molecule has 2 unspecified atom stereocenters. The van der Waals surface area contributed by atoms with Gasteiger partial charge in [0, 0.05) is 17.0 Å². The maximum absolute atomic E-state index is 6.37. The van der Waals surface area contributed by atoms with Crippen LogP contribution in [-0.4, -0.2) is 6.04 Å². The molecule has 0 heterocycles. The molecule has 0 aliphatic rings. The summed E-state index contributed by atoms with van der Waals surface area (Å²) in [5.74, 6) is 1.01. The highest BCUT2D eigenvalue weighted by Crippen LogP contribution is 2.35. The fraction of sp³-hybridized carbons (Fsp3) is 0.368. The molecule has 0 spiro atoms. The van der Waals surface area contributed by atoms with Crippen molar-refractivity contribution in [3.63, 3.8) is 0 Å². The van der Waals surface area contributed by atoms with Crippen LogP contribution in [0.5, 0.6) is 0 Å². The predicted molar refractivity (Wildman–Crippen MR) is 94.7 cm³/mol. The van der Waals surface area contributed by atoms with Gasteiger partial charge in [0.25, 0.3) is 0 Å². The van der Waals surface area contributed by atoms with Crippen LogP contribution >= 0.6 is 11.8 Å². The quantitative estimate of drug-likeness (QED) is 0.811. The molecule has 2 aromatic carbocycles. The molecule has 0 aliphatic carbocycles. The van der Waals surface area contributed by atoms with Crippen LogP contribution in [0.2, 0.25) is 0 Å². The van der Waals surface area contributed by atoms with E-state index in [1.165, 1.54) is 22.3 Å². The lowest BCUT2D eigenvalue weighted by Gasteiger charge is -2.23. The molecular weight excluding hydrogens is 274 g/mol. The van der Waals surface area contributed by atoms with Crippen molar-refractivity contribution in [2.45, 2.75) is 44.2 Å². The standard InChI is InChI=1S/C19H25NS/c1-4-18(20)19(16-11-9-14(2)10-12-16)21-13-17-8-6-5-7-15(17)3/h5-12,18-19H,4,13,20H2,1-3H3. The highest BCUT2D eigenvalue weighted by Gasteiger charge is 2.19. The second-order valence-corrected chi connectivity index (χ2v) is 6.77. The normalized spacial score (nSPS) is 13.9. The van der Waals surface area contributed by atoms with Crippen LogP contribution in [0, 0.1) is 13.8 Å². The van der Waals surface area contributed by atoms with Crippen molar-refractivity contribution >= 4 is 11.8 Å². The predicted octanol–water partition coefficient (Wildman–Crippen LogP) is 5.02. The van der Waals surface area contributed by atoms with Crippen molar-refractivity contribution < 1.29 is 0 Å². The van der Waals surface area contributed by atoms with E-state index in [1.54, 1.807) is 0 Å². The lowest BCUT2D eigenvalue weighted by atomic mass is 10.0. The van der Waals surface area contributed by atoms with E-state index in [2.05, 4.69) is 69.3 Å². The van der Waals surface area contributed by atoms with E-state index in [1.807, 2.05) is 11.8 Å². The summed E-state index contributed by atoms with van der Waals surface area (Å²) in [6, 6.07) is 17.6. The number of benzene rings is 2. The van der Waals surface area contributed by atoms with Gasteiger partial charge in [0.2, 0.25) is 0 Å². The van der Waals surface area contributed by atoms with Gasteiger partial charge >= 0.3 is 0 Å². The first-order valence-corrected chi connectivity index (χ1v) is 8.65. The summed E-state index contributed by atoms with van der Waals surface area (Å²) < 4.78 is 0. The third kappa shape index (κ3) is 4.36. The summed E-state index contributed by atoms with van der Waals surface area (Å²) in [5, 5.41) is 0.357.